The van der Waals surface area contributed by atoms with Crippen LogP contribution in [0.15, 0.2) is 52.3 Å². The highest BCUT2D eigenvalue weighted by Gasteiger charge is 2.23. The number of nitrogens with one attached hydrogen (secondary N) is 2. The lowest BCUT2D eigenvalue weighted by Gasteiger charge is -2.16. The first-order chi connectivity index (χ1) is 15.6. The third-order valence-electron chi connectivity index (χ3n) is 5.55. The van der Waals surface area contributed by atoms with Crippen molar-refractivity contribution in [3.05, 3.63) is 69.6 Å². The number of benzene rings is 1. The Morgan fingerprint density at radius 1 is 1.25 bits per heavy atom. The Kier molecular flexibility index (Phi) is 6.76. The van der Waals surface area contributed by atoms with Crippen molar-refractivity contribution in [3.8, 4) is 11.8 Å². The largest absolute Gasteiger partial charge is 0.310 e. The van der Waals surface area contributed by atoms with Gasteiger partial charge in [0.2, 0.25) is 5.91 Å². The Morgan fingerprint density at radius 3 is 2.78 bits per heavy atom. The summed E-state index contributed by atoms with van der Waals surface area (Å²) in [5.41, 5.74) is 3.15. The second kappa shape index (κ2) is 9.88. The lowest BCUT2D eigenvalue weighted by atomic mass is 10.1. The van der Waals surface area contributed by atoms with Gasteiger partial charge in [-0.3, -0.25) is 14.7 Å². The SMILES string of the molecule is CCC(Sc1nc2c(cc1C#N)CCCCC2)C(=O)Nc1cc(=O)n(-c2ccccc2)[nH]1. The minimum Gasteiger partial charge on any atom is -0.310 e. The summed E-state index contributed by atoms with van der Waals surface area (Å²) in [7, 11) is 0. The number of thioether (sulfide) groups is 1. The number of aromatic amines is 1. The van der Waals surface area contributed by atoms with Crippen LogP contribution in [0.4, 0.5) is 5.82 Å². The normalized spacial score (nSPS) is 14.1. The van der Waals surface area contributed by atoms with E-state index < -0.39 is 5.25 Å². The second-order valence-electron chi connectivity index (χ2n) is 7.80. The van der Waals surface area contributed by atoms with E-state index in [0.29, 0.717) is 28.5 Å². The Balaban J connectivity index is 1.53. The lowest BCUT2D eigenvalue weighted by Crippen LogP contribution is -2.25. The minimum absolute atomic E-state index is 0.236. The zero-order valence-electron chi connectivity index (χ0n) is 17.9. The van der Waals surface area contributed by atoms with Crippen LogP contribution in [0.1, 0.15) is 49.4 Å². The first kappa shape index (κ1) is 21.9. The fourth-order valence-corrected chi connectivity index (χ4v) is 4.86. The summed E-state index contributed by atoms with van der Waals surface area (Å²) < 4.78 is 1.38. The van der Waals surface area contributed by atoms with Gasteiger partial charge in [0.1, 0.15) is 16.9 Å². The van der Waals surface area contributed by atoms with Crippen molar-refractivity contribution in [1.29, 1.82) is 5.26 Å². The number of carbonyl (C=O) groups is 1. The van der Waals surface area contributed by atoms with Crippen molar-refractivity contribution in [1.82, 2.24) is 14.8 Å². The maximum Gasteiger partial charge on any atom is 0.273 e. The van der Waals surface area contributed by atoms with Crippen molar-refractivity contribution in [2.24, 2.45) is 0 Å². The van der Waals surface area contributed by atoms with Crippen LogP contribution < -0.4 is 10.9 Å². The number of para-hydroxylation sites is 1. The molecular formula is C24H25N5O2S. The molecule has 0 spiro atoms. The quantitative estimate of drug-likeness (QED) is 0.435. The summed E-state index contributed by atoms with van der Waals surface area (Å²) in [6.45, 7) is 1.92. The number of anilines is 1. The number of rotatable bonds is 6. The summed E-state index contributed by atoms with van der Waals surface area (Å²) in [6.07, 6.45) is 5.80. The second-order valence-corrected chi connectivity index (χ2v) is 8.99. The maximum absolute atomic E-state index is 13.0. The molecular weight excluding hydrogens is 422 g/mol. The molecule has 1 unspecified atom stereocenters. The van der Waals surface area contributed by atoms with E-state index in [1.54, 1.807) is 0 Å². The van der Waals surface area contributed by atoms with Crippen LogP contribution >= 0.6 is 11.8 Å². The van der Waals surface area contributed by atoms with Gasteiger partial charge in [-0.1, -0.05) is 43.3 Å². The van der Waals surface area contributed by atoms with Crippen LogP contribution in [-0.2, 0) is 17.6 Å². The summed E-state index contributed by atoms with van der Waals surface area (Å²) in [6, 6.07) is 14.7. The smallest absolute Gasteiger partial charge is 0.273 e. The van der Waals surface area contributed by atoms with E-state index in [4.69, 9.17) is 4.98 Å². The molecule has 0 saturated heterocycles. The molecule has 1 atom stereocenters. The summed E-state index contributed by atoms with van der Waals surface area (Å²) in [4.78, 5) is 30.1. The first-order valence-electron chi connectivity index (χ1n) is 10.9. The van der Waals surface area contributed by atoms with Gasteiger partial charge in [0.15, 0.2) is 0 Å². The molecule has 2 N–H and O–H groups in total. The topological polar surface area (TPSA) is 104 Å². The van der Waals surface area contributed by atoms with Gasteiger partial charge in [-0.25, -0.2) is 9.67 Å². The number of carbonyl (C=O) groups excluding carboxylic acids is 1. The fraction of sp³-hybridized carbons (Fsp3) is 0.333. The molecule has 0 radical (unpaired) electrons. The van der Waals surface area contributed by atoms with E-state index >= 15 is 0 Å². The summed E-state index contributed by atoms with van der Waals surface area (Å²) in [5.74, 6) is 0.0953. The number of aromatic nitrogens is 3. The van der Waals surface area contributed by atoms with Gasteiger partial charge in [0.05, 0.1) is 16.5 Å². The van der Waals surface area contributed by atoms with E-state index in [0.717, 1.165) is 36.9 Å². The highest BCUT2D eigenvalue weighted by molar-refractivity contribution is 8.00. The van der Waals surface area contributed by atoms with Crippen LogP contribution in [-0.4, -0.2) is 25.9 Å². The number of fused-ring (bicyclic) bond motifs is 1. The van der Waals surface area contributed by atoms with E-state index in [1.807, 2.05) is 43.3 Å². The lowest BCUT2D eigenvalue weighted by molar-refractivity contribution is -0.115. The van der Waals surface area contributed by atoms with Crippen LogP contribution in [0.25, 0.3) is 5.69 Å². The molecule has 32 heavy (non-hydrogen) atoms. The number of hydrogen-bond donors (Lipinski definition) is 2. The summed E-state index contributed by atoms with van der Waals surface area (Å²) >= 11 is 1.31. The van der Waals surface area contributed by atoms with Gasteiger partial charge in [-0.2, -0.15) is 5.26 Å². The molecule has 0 saturated carbocycles. The van der Waals surface area contributed by atoms with Crippen molar-refractivity contribution in [2.75, 3.05) is 5.32 Å². The van der Waals surface area contributed by atoms with Crippen LogP contribution in [0.2, 0.25) is 0 Å². The average Bonchev–Trinajstić information content (AvgIpc) is 3.02. The highest BCUT2D eigenvalue weighted by atomic mass is 32.2. The van der Waals surface area contributed by atoms with Gasteiger partial charge < -0.3 is 5.32 Å². The van der Waals surface area contributed by atoms with Gasteiger partial charge in [0, 0.05) is 11.8 Å². The molecule has 2 aromatic heterocycles. The molecule has 0 fully saturated rings. The van der Waals surface area contributed by atoms with E-state index in [9.17, 15) is 14.9 Å². The third-order valence-corrected chi connectivity index (χ3v) is 6.91. The molecule has 1 aliphatic carbocycles. The molecule has 1 aromatic carbocycles. The zero-order valence-corrected chi connectivity index (χ0v) is 18.7. The molecule has 4 rings (SSSR count). The zero-order chi connectivity index (χ0) is 22.5. The van der Waals surface area contributed by atoms with Gasteiger partial charge in [-0.05, 0) is 55.9 Å². The standard InChI is InChI=1S/C24H25N5O2S/c1-2-20(32-24-17(15-25)13-16-9-5-3-8-12-19(16)26-24)23(31)27-21-14-22(30)29(28-21)18-10-6-4-7-11-18/h4,6-7,10-11,13-14,20,28H,2-3,5,8-9,12H2,1H3,(H,27,31). The molecule has 0 aliphatic heterocycles. The van der Waals surface area contributed by atoms with Gasteiger partial charge in [0.25, 0.3) is 5.56 Å². The maximum atomic E-state index is 13.0. The predicted octanol–water partition coefficient (Wildman–Crippen LogP) is 4.21. The molecule has 0 bridgehead atoms. The fourth-order valence-electron chi connectivity index (χ4n) is 3.86. The average molecular weight is 448 g/mol. The Labute approximate surface area is 190 Å². The van der Waals surface area contributed by atoms with Crippen LogP contribution in [0.5, 0.6) is 0 Å². The number of amides is 1. The number of aryl methyl sites for hydroxylation is 2. The summed E-state index contributed by atoms with van der Waals surface area (Å²) in [5, 5.41) is 15.5. The molecule has 1 aliphatic rings. The van der Waals surface area contributed by atoms with Crippen LogP contribution in [0, 0.1) is 11.3 Å². The van der Waals surface area contributed by atoms with Crippen molar-refractivity contribution in [3.63, 3.8) is 0 Å². The highest BCUT2D eigenvalue weighted by Crippen LogP contribution is 2.31. The number of pyridine rings is 1. The number of hydrogen-bond acceptors (Lipinski definition) is 5. The van der Waals surface area contributed by atoms with Crippen molar-refractivity contribution in [2.45, 2.75) is 55.7 Å². The predicted molar refractivity (Wildman–Crippen MR) is 125 cm³/mol. The molecule has 3 aromatic rings. The first-order valence-corrected chi connectivity index (χ1v) is 11.7. The molecule has 7 nitrogen and oxygen atoms in total. The van der Waals surface area contributed by atoms with Gasteiger partial charge >= 0.3 is 0 Å². The molecule has 1 amide bonds. The van der Waals surface area contributed by atoms with E-state index in [-0.39, 0.29) is 11.5 Å². The van der Waals surface area contributed by atoms with Crippen LogP contribution in [0.3, 0.4) is 0 Å². The molecule has 8 heteroatoms. The van der Waals surface area contributed by atoms with Gasteiger partial charge in [-0.15, -0.1) is 0 Å². The van der Waals surface area contributed by atoms with E-state index in [1.165, 1.54) is 28.9 Å². The minimum atomic E-state index is -0.443. The monoisotopic (exact) mass is 447 g/mol. The number of H-pyrrole nitrogens is 1. The van der Waals surface area contributed by atoms with Crippen molar-refractivity contribution < 1.29 is 4.79 Å². The Morgan fingerprint density at radius 2 is 2.03 bits per heavy atom. The number of nitriles is 1. The molecule has 164 valence electrons. The van der Waals surface area contributed by atoms with Crippen molar-refractivity contribution >= 4 is 23.5 Å². The Hall–Kier alpha value is -3.31. The van der Waals surface area contributed by atoms with E-state index in [2.05, 4.69) is 16.5 Å². The number of nitrogens with zero attached hydrogens (tertiary/aromatic N) is 3. The Bertz CT molecular complexity index is 1210. The molecule has 2 heterocycles. The third kappa shape index (κ3) is 4.78.